The van der Waals surface area contributed by atoms with Gasteiger partial charge in [0.05, 0.1) is 6.54 Å². The van der Waals surface area contributed by atoms with Gasteiger partial charge in [0.1, 0.15) is 12.1 Å². The standard InChI is InChI=1S/C15H22N6/c1-13-10-15(18-12-17-13)20-7-2-4-14(11-20)16-6-9-21-8-3-5-19-21/h3,5,8,10,12,14,16H,2,4,6-7,9,11H2,1H3. The van der Waals surface area contributed by atoms with Crippen molar-refractivity contribution in [2.24, 2.45) is 0 Å². The van der Waals surface area contributed by atoms with E-state index in [9.17, 15) is 0 Å². The Morgan fingerprint density at radius 1 is 1.38 bits per heavy atom. The highest BCUT2D eigenvalue weighted by Gasteiger charge is 2.20. The second kappa shape index (κ2) is 6.67. The number of hydrogen-bond acceptors (Lipinski definition) is 5. The molecule has 0 radical (unpaired) electrons. The fourth-order valence-electron chi connectivity index (χ4n) is 2.78. The Hall–Kier alpha value is -1.95. The van der Waals surface area contributed by atoms with Gasteiger partial charge in [0, 0.05) is 49.8 Å². The zero-order valence-corrected chi connectivity index (χ0v) is 12.4. The van der Waals surface area contributed by atoms with Crippen molar-refractivity contribution in [3.63, 3.8) is 0 Å². The molecule has 0 aromatic carbocycles. The van der Waals surface area contributed by atoms with Crippen LogP contribution in [0.5, 0.6) is 0 Å². The van der Waals surface area contributed by atoms with E-state index in [4.69, 9.17) is 0 Å². The van der Waals surface area contributed by atoms with Gasteiger partial charge in [-0.05, 0) is 25.8 Å². The first-order valence-corrected chi connectivity index (χ1v) is 7.56. The summed E-state index contributed by atoms with van der Waals surface area (Å²) in [6, 6.07) is 4.54. The summed E-state index contributed by atoms with van der Waals surface area (Å²) < 4.78 is 1.96. The van der Waals surface area contributed by atoms with Crippen molar-refractivity contribution in [3.05, 3.63) is 36.5 Å². The molecule has 1 fully saturated rings. The minimum Gasteiger partial charge on any atom is -0.355 e. The maximum absolute atomic E-state index is 4.39. The van der Waals surface area contributed by atoms with E-state index in [1.807, 2.05) is 30.1 Å². The minimum atomic E-state index is 0.518. The monoisotopic (exact) mass is 286 g/mol. The van der Waals surface area contributed by atoms with Crippen LogP contribution in [0.25, 0.3) is 0 Å². The highest BCUT2D eigenvalue weighted by molar-refractivity contribution is 5.39. The molecule has 1 unspecified atom stereocenters. The number of hydrogen-bond donors (Lipinski definition) is 1. The Labute approximate surface area is 125 Å². The van der Waals surface area contributed by atoms with E-state index in [0.717, 1.165) is 37.7 Å². The van der Waals surface area contributed by atoms with Crippen LogP contribution in [0.3, 0.4) is 0 Å². The molecule has 0 bridgehead atoms. The van der Waals surface area contributed by atoms with Crippen molar-refractivity contribution >= 4 is 5.82 Å². The summed E-state index contributed by atoms with van der Waals surface area (Å²) in [7, 11) is 0. The fraction of sp³-hybridized carbons (Fsp3) is 0.533. The number of rotatable bonds is 5. The molecule has 21 heavy (non-hydrogen) atoms. The molecule has 2 aromatic heterocycles. The first kappa shape index (κ1) is 14.0. The lowest BCUT2D eigenvalue weighted by Gasteiger charge is -2.34. The number of anilines is 1. The van der Waals surface area contributed by atoms with Crippen molar-refractivity contribution in [1.29, 1.82) is 0 Å². The average Bonchev–Trinajstić information content (AvgIpc) is 3.01. The maximum atomic E-state index is 4.39. The largest absolute Gasteiger partial charge is 0.355 e. The van der Waals surface area contributed by atoms with Gasteiger partial charge >= 0.3 is 0 Å². The maximum Gasteiger partial charge on any atom is 0.132 e. The number of nitrogens with zero attached hydrogens (tertiary/aromatic N) is 5. The molecule has 6 heteroatoms. The van der Waals surface area contributed by atoms with Gasteiger partial charge in [-0.15, -0.1) is 0 Å². The van der Waals surface area contributed by atoms with Gasteiger partial charge < -0.3 is 10.2 Å². The van der Waals surface area contributed by atoms with E-state index in [1.54, 1.807) is 6.33 Å². The van der Waals surface area contributed by atoms with E-state index in [-0.39, 0.29) is 0 Å². The Morgan fingerprint density at radius 3 is 3.14 bits per heavy atom. The van der Waals surface area contributed by atoms with E-state index in [1.165, 1.54) is 12.8 Å². The van der Waals surface area contributed by atoms with Crippen molar-refractivity contribution < 1.29 is 0 Å². The highest BCUT2D eigenvalue weighted by atomic mass is 15.3. The zero-order valence-electron chi connectivity index (χ0n) is 12.4. The molecule has 0 aliphatic carbocycles. The van der Waals surface area contributed by atoms with Crippen LogP contribution in [0.15, 0.2) is 30.9 Å². The molecule has 3 heterocycles. The first-order valence-electron chi connectivity index (χ1n) is 7.56. The van der Waals surface area contributed by atoms with Crippen LogP contribution in [-0.4, -0.2) is 45.4 Å². The van der Waals surface area contributed by atoms with E-state index in [2.05, 4.69) is 31.3 Å². The molecule has 1 saturated heterocycles. The van der Waals surface area contributed by atoms with Gasteiger partial charge in [0.15, 0.2) is 0 Å². The molecule has 3 rings (SSSR count). The minimum absolute atomic E-state index is 0.518. The summed E-state index contributed by atoms with van der Waals surface area (Å²) in [5, 5.41) is 7.85. The third-order valence-corrected chi connectivity index (χ3v) is 3.87. The van der Waals surface area contributed by atoms with E-state index < -0.39 is 0 Å². The lowest BCUT2D eigenvalue weighted by atomic mass is 10.1. The number of piperidine rings is 1. The molecular formula is C15H22N6. The van der Waals surface area contributed by atoms with Crippen molar-refractivity contribution in [1.82, 2.24) is 25.1 Å². The molecule has 0 amide bonds. The van der Waals surface area contributed by atoms with Gasteiger partial charge in [-0.1, -0.05) is 0 Å². The van der Waals surface area contributed by atoms with Gasteiger partial charge in [-0.3, -0.25) is 4.68 Å². The van der Waals surface area contributed by atoms with Gasteiger partial charge in [-0.2, -0.15) is 5.10 Å². The molecule has 1 aliphatic heterocycles. The summed E-state index contributed by atoms with van der Waals surface area (Å²) in [6.07, 6.45) is 7.89. The molecule has 1 aliphatic rings. The zero-order chi connectivity index (χ0) is 14.5. The first-order chi connectivity index (χ1) is 10.3. The van der Waals surface area contributed by atoms with Crippen molar-refractivity contribution in [2.75, 3.05) is 24.5 Å². The van der Waals surface area contributed by atoms with Crippen LogP contribution < -0.4 is 10.2 Å². The molecule has 0 saturated carbocycles. The van der Waals surface area contributed by atoms with Crippen LogP contribution in [0, 0.1) is 6.92 Å². The Morgan fingerprint density at radius 2 is 2.33 bits per heavy atom. The van der Waals surface area contributed by atoms with Gasteiger partial charge in [-0.25, -0.2) is 9.97 Å². The van der Waals surface area contributed by atoms with Crippen LogP contribution in [0.4, 0.5) is 5.82 Å². The van der Waals surface area contributed by atoms with Gasteiger partial charge in [0.2, 0.25) is 0 Å². The predicted molar refractivity (Wildman–Crippen MR) is 82.2 cm³/mol. The third kappa shape index (κ3) is 3.78. The Balaban J connectivity index is 1.51. The van der Waals surface area contributed by atoms with Crippen LogP contribution in [-0.2, 0) is 6.54 Å². The van der Waals surface area contributed by atoms with Crippen molar-refractivity contribution in [3.8, 4) is 0 Å². The number of aryl methyl sites for hydroxylation is 1. The smallest absolute Gasteiger partial charge is 0.132 e. The highest BCUT2D eigenvalue weighted by Crippen LogP contribution is 2.17. The summed E-state index contributed by atoms with van der Waals surface area (Å²) in [5.74, 6) is 1.04. The lowest BCUT2D eigenvalue weighted by molar-refractivity contribution is 0.407. The lowest BCUT2D eigenvalue weighted by Crippen LogP contribution is -2.46. The number of nitrogens with one attached hydrogen (secondary N) is 1. The van der Waals surface area contributed by atoms with Crippen LogP contribution in [0.2, 0.25) is 0 Å². The molecule has 2 aromatic rings. The van der Waals surface area contributed by atoms with Crippen molar-refractivity contribution in [2.45, 2.75) is 32.4 Å². The van der Waals surface area contributed by atoms with E-state index in [0.29, 0.717) is 6.04 Å². The second-order valence-electron chi connectivity index (χ2n) is 5.53. The SMILES string of the molecule is Cc1cc(N2CCCC(NCCn3cccn3)C2)ncn1. The van der Waals surface area contributed by atoms with Gasteiger partial charge in [0.25, 0.3) is 0 Å². The average molecular weight is 286 g/mol. The van der Waals surface area contributed by atoms with Crippen LogP contribution >= 0.6 is 0 Å². The summed E-state index contributed by atoms with van der Waals surface area (Å²) in [5.41, 5.74) is 1.02. The summed E-state index contributed by atoms with van der Waals surface area (Å²) >= 11 is 0. The summed E-state index contributed by atoms with van der Waals surface area (Å²) in [4.78, 5) is 10.9. The van der Waals surface area contributed by atoms with Crippen LogP contribution in [0.1, 0.15) is 18.5 Å². The second-order valence-corrected chi connectivity index (χ2v) is 5.53. The molecule has 112 valence electrons. The molecule has 1 N–H and O–H groups in total. The Bertz CT molecular complexity index is 553. The predicted octanol–water partition coefficient (Wildman–Crippen LogP) is 1.24. The normalized spacial score (nSPS) is 18.9. The third-order valence-electron chi connectivity index (χ3n) is 3.87. The quantitative estimate of drug-likeness (QED) is 0.896. The van der Waals surface area contributed by atoms with E-state index >= 15 is 0 Å². The molecule has 0 spiro atoms. The summed E-state index contributed by atoms with van der Waals surface area (Å²) in [6.45, 7) is 5.96. The Kier molecular flexibility index (Phi) is 4.45. The molecular weight excluding hydrogens is 264 g/mol. The molecule has 6 nitrogen and oxygen atoms in total. The topological polar surface area (TPSA) is 58.9 Å². The fourth-order valence-corrected chi connectivity index (χ4v) is 2.78. The number of aromatic nitrogens is 4. The molecule has 1 atom stereocenters.